The maximum atomic E-state index is 12.7. The van der Waals surface area contributed by atoms with Crippen molar-refractivity contribution >= 4 is 6.29 Å². The molecule has 180 valence electrons. The number of nitrogens with zero attached hydrogens (tertiary/aromatic N) is 2. The van der Waals surface area contributed by atoms with Gasteiger partial charge in [0.1, 0.15) is 6.29 Å². The van der Waals surface area contributed by atoms with Crippen LogP contribution < -0.4 is 0 Å². The maximum Gasteiger partial charge on any atom is 0.138 e. The van der Waals surface area contributed by atoms with Gasteiger partial charge in [0.15, 0.2) is 0 Å². The van der Waals surface area contributed by atoms with Crippen LogP contribution in [0.25, 0.3) is 11.1 Å². The Kier molecular flexibility index (Phi) is 6.30. The van der Waals surface area contributed by atoms with E-state index in [0.717, 1.165) is 32.5 Å². The molecule has 0 radical (unpaired) electrons. The van der Waals surface area contributed by atoms with E-state index in [1.54, 1.807) is 0 Å². The highest BCUT2D eigenvalue weighted by molar-refractivity contribution is 5.81. The minimum absolute atomic E-state index is 0.117. The SMILES string of the molecule is O=CC(C1c2ccccc2-c2ccccc21)N1CCC(CN2CCCCC2)(c2ccccc2)CC1. The molecule has 1 aliphatic carbocycles. The van der Waals surface area contributed by atoms with E-state index >= 15 is 0 Å². The summed E-state index contributed by atoms with van der Waals surface area (Å²) in [5, 5.41) is 0. The Labute approximate surface area is 209 Å². The lowest BCUT2D eigenvalue weighted by Gasteiger charge is -2.47. The molecule has 1 atom stereocenters. The molecule has 2 fully saturated rings. The normalized spacial score (nSPS) is 21.3. The van der Waals surface area contributed by atoms with Crippen LogP contribution in [0.4, 0.5) is 0 Å². The molecule has 0 amide bonds. The zero-order valence-electron chi connectivity index (χ0n) is 20.6. The molecule has 0 N–H and O–H groups in total. The second-order valence-electron chi connectivity index (χ2n) is 10.8. The van der Waals surface area contributed by atoms with E-state index in [2.05, 4.69) is 88.7 Å². The fourth-order valence-electron chi connectivity index (χ4n) is 7.06. The third-order valence-electron chi connectivity index (χ3n) is 8.90. The Bertz CT molecular complexity index is 1110. The summed E-state index contributed by atoms with van der Waals surface area (Å²) in [5.74, 6) is 0.117. The summed E-state index contributed by atoms with van der Waals surface area (Å²) < 4.78 is 0. The van der Waals surface area contributed by atoms with Crippen molar-refractivity contribution < 1.29 is 4.79 Å². The van der Waals surface area contributed by atoms with Gasteiger partial charge in [-0.2, -0.15) is 0 Å². The van der Waals surface area contributed by atoms with Crippen LogP contribution in [0.3, 0.4) is 0 Å². The minimum Gasteiger partial charge on any atom is -0.302 e. The van der Waals surface area contributed by atoms with Crippen molar-refractivity contribution in [2.45, 2.75) is 49.5 Å². The third kappa shape index (κ3) is 4.15. The monoisotopic (exact) mass is 464 g/mol. The van der Waals surface area contributed by atoms with E-state index in [-0.39, 0.29) is 17.4 Å². The quantitative estimate of drug-likeness (QED) is 0.425. The van der Waals surface area contributed by atoms with Gasteiger partial charge in [-0.3, -0.25) is 4.90 Å². The molecule has 2 aliphatic heterocycles. The van der Waals surface area contributed by atoms with Gasteiger partial charge < -0.3 is 9.69 Å². The van der Waals surface area contributed by atoms with Gasteiger partial charge in [-0.1, -0.05) is 85.3 Å². The number of carbonyl (C=O) groups is 1. The van der Waals surface area contributed by atoms with Gasteiger partial charge in [0.2, 0.25) is 0 Å². The maximum absolute atomic E-state index is 12.7. The molecule has 3 nitrogen and oxygen atoms in total. The molecule has 3 heteroatoms. The number of piperidine rings is 2. The molecule has 3 aromatic carbocycles. The predicted molar refractivity (Wildman–Crippen MR) is 143 cm³/mol. The molecule has 3 aromatic rings. The second kappa shape index (κ2) is 9.72. The largest absolute Gasteiger partial charge is 0.302 e. The molecular weight excluding hydrogens is 428 g/mol. The molecule has 3 aliphatic rings. The van der Waals surface area contributed by atoms with E-state index in [4.69, 9.17) is 0 Å². The highest BCUT2D eigenvalue weighted by atomic mass is 16.1. The van der Waals surface area contributed by atoms with Crippen molar-refractivity contribution in [3.05, 3.63) is 95.6 Å². The van der Waals surface area contributed by atoms with Crippen molar-refractivity contribution in [3.8, 4) is 11.1 Å². The van der Waals surface area contributed by atoms with Crippen LogP contribution in [0, 0.1) is 0 Å². The molecule has 0 spiro atoms. The van der Waals surface area contributed by atoms with Crippen LogP contribution in [0.15, 0.2) is 78.9 Å². The smallest absolute Gasteiger partial charge is 0.138 e. The third-order valence-corrected chi connectivity index (χ3v) is 8.90. The van der Waals surface area contributed by atoms with E-state index in [1.165, 1.54) is 66.5 Å². The first kappa shape index (κ1) is 22.7. The number of aldehydes is 1. The molecular formula is C32H36N2O. The molecule has 35 heavy (non-hydrogen) atoms. The first-order valence-corrected chi connectivity index (χ1v) is 13.4. The average molecular weight is 465 g/mol. The van der Waals surface area contributed by atoms with Crippen LogP contribution >= 0.6 is 0 Å². The molecule has 0 bridgehead atoms. The lowest BCUT2D eigenvalue weighted by molar-refractivity contribution is -0.113. The minimum atomic E-state index is -0.122. The topological polar surface area (TPSA) is 23.6 Å². The number of benzene rings is 3. The van der Waals surface area contributed by atoms with Crippen molar-refractivity contribution in [2.24, 2.45) is 0 Å². The van der Waals surface area contributed by atoms with Gasteiger partial charge in [0.25, 0.3) is 0 Å². The molecule has 2 saturated heterocycles. The standard InChI is InChI=1S/C32H36N2O/c35-23-30(31-28-15-7-5-13-26(28)27-14-6-8-16-29(27)31)34-21-17-32(18-22-34,25-11-3-1-4-12-25)24-33-19-9-2-10-20-33/h1,3-8,11-16,23,30-31H,2,9-10,17-22,24H2. The van der Waals surface area contributed by atoms with Gasteiger partial charge in [0.05, 0.1) is 6.04 Å². The summed E-state index contributed by atoms with van der Waals surface area (Å²) in [6.07, 6.45) is 7.45. The van der Waals surface area contributed by atoms with Crippen molar-refractivity contribution in [3.63, 3.8) is 0 Å². The predicted octanol–water partition coefficient (Wildman–Crippen LogP) is 5.89. The van der Waals surface area contributed by atoms with Crippen LogP contribution in [-0.4, -0.2) is 54.9 Å². The van der Waals surface area contributed by atoms with Gasteiger partial charge >= 0.3 is 0 Å². The van der Waals surface area contributed by atoms with E-state index in [1.807, 2.05) is 0 Å². The van der Waals surface area contributed by atoms with Gasteiger partial charge in [-0.05, 0) is 79.7 Å². The Hall–Kier alpha value is -2.75. The molecule has 6 rings (SSSR count). The van der Waals surface area contributed by atoms with Crippen molar-refractivity contribution in [1.29, 1.82) is 0 Å². The zero-order valence-corrected chi connectivity index (χ0v) is 20.6. The van der Waals surface area contributed by atoms with Gasteiger partial charge in [-0.25, -0.2) is 0 Å². The Morgan fingerprint density at radius 2 is 1.31 bits per heavy atom. The Balaban J connectivity index is 1.28. The summed E-state index contributed by atoms with van der Waals surface area (Å²) in [6.45, 7) is 5.53. The van der Waals surface area contributed by atoms with E-state index < -0.39 is 0 Å². The first-order chi connectivity index (χ1) is 17.3. The van der Waals surface area contributed by atoms with Gasteiger partial charge in [0, 0.05) is 17.9 Å². The Morgan fingerprint density at radius 3 is 1.91 bits per heavy atom. The number of rotatable bonds is 6. The lowest BCUT2D eigenvalue weighted by Crippen LogP contribution is -2.53. The summed E-state index contributed by atoms with van der Waals surface area (Å²) in [5.41, 5.74) is 6.84. The highest BCUT2D eigenvalue weighted by Gasteiger charge is 2.43. The second-order valence-corrected chi connectivity index (χ2v) is 10.8. The zero-order chi connectivity index (χ0) is 23.7. The number of carbonyl (C=O) groups excluding carboxylic acids is 1. The fourth-order valence-corrected chi connectivity index (χ4v) is 7.06. The van der Waals surface area contributed by atoms with E-state index in [0.29, 0.717) is 0 Å². The number of hydrogen-bond acceptors (Lipinski definition) is 3. The van der Waals surface area contributed by atoms with Crippen LogP contribution in [0.5, 0.6) is 0 Å². The fraction of sp³-hybridized carbons (Fsp3) is 0.406. The number of hydrogen-bond donors (Lipinski definition) is 0. The first-order valence-electron chi connectivity index (χ1n) is 13.4. The van der Waals surface area contributed by atoms with Crippen LogP contribution in [0.2, 0.25) is 0 Å². The van der Waals surface area contributed by atoms with Crippen LogP contribution in [-0.2, 0) is 10.2 Å². The summed E-state index contributed by atoms with van der Waals surface area (Å²) in [7, 11) is 0. The molecule has 0 aromatic heterocycles. The molecule has 0 saturated carbocycles. The summed E-state index contributed by atoms with van der Waals surface area (Å²) in [4.78, 5) is 17.9. The number of fused-ring (bicyclic) bond motifs is 3. The van der Waals surface area contributed by atoms with Crippen molar-refractivity contribution in [1.82, 2.24) is 9.80 Å². The highest BCUT2D eigenvalue weighted by Crippen LogP contribution is 2.48. The van der Waals surface area contributed by atoms with Crippen molar-refractivity contribution in [2.75, 3.05) is 32.7 Å². The lowest BCUT2D eigenvalue weighted by atomic mass is 9.71. The average Bonchev–Trinajstić information content (AvgIpc) is 3.26. The number of likely N-dealkylation sites (tertiary alicyclic amines) is 2. The summed E-state index contributed by atoms with van der Waals surface area (Å²) in [6, 6.07) is 28.4. The van der Waals surface area contributed by atoms with Gasteiger partial charge in [-0.15, -0.1) is 0 Å². The molecule has 1 unspecified atom stereocenters. The van der Waals surface area contributed by atoms with Crippen LogP contribution in [0.1, 0.15) is 54.7 Å². The summed E-state index contributed by atoms with van der Waals surface area (Å²) >= 11 is 0. The Morgan fingerprint density at radius 1 is 0.743 bits per heavy atom. The van der Waals surface area contributed by atoms with E-state index in [9.17, 15) is 4.79 Å². The molecule has 2 heterocycles.